The van der Waals surface area contributed by atoms with Crippen LogP contribution in [0.15, 0.2) is 18.2 Å². The minimum absolute atomic E-state index is 0.0564. The number of hydrogen-bond acceptors (Lipinski definition) is 3. The predicted octanol–water partition coefficient (Wildman–Crippen LogP) is 4.04. The van der Waals surface area contributed by atoms with Crippen molar-refractivity contribution in [2.24, 2.45) is 5.73 Å². The molecule has 1 atom stereocenters. The highest BCUT2D eigenvalue weighted by Gasteiger charge is 2.14. The minimum Gasteiger partial charge on any atom is -0.494 e. The fourth-order valence-corrected chi connectivity index (χ4v) is 2.54. The van der Waals surface area contributed by atoms with Gasteiger partial charge in [0, 0.05) is 12.6 Å². The molecule has 1 aromatic heterocycles. The van der Waals surface area contributed by atoms with Crippen LogP contribution < -0.4 is 10.5 Å². The van der Waals surface area contributed by atoms with E-state index in [0.29, 0.717) is 0 Å². The summed E-state index contributed by atoms with van der Waals surface area (Å²) >= 11 is 0. The molecule has 0 saturated heterocycles. The van der Waals surface area contributed by atoms with Crippen LogP contribution in [0.25, 0.3) is 11.0 Å². The first-order valence-corrected chi connectivity index (χ1v) is 8.06. The Morgan fingerprint density at radius 3 is 2.71 bits per heavy atom. The molecule has 0 aliphatic rings. The lowest BCUT2D eigenvalue weighted by Gasteiger charge is -2.11. The van der Waals surface area contributed by atoms with Crippen molar-refractivity contribution in [1.82, 2.24) is 9.55 Å². The highest BCUT2D eigenvalue weighted by Crippen LogP contribution is 2.25. The van der Waals surface area contributed by atoms with Gasteiger partial charge in [-0.05, 0) is 31.9 Å². The Morgan fingerprint density at radius 1 is 1.24 bits per heavy atom. The molecular weight excluding hydrogens is 262 g/mol. The molecule has 4 nitrogen and oxygen atoms in total. The Kier molecular flexibility index (Phi) is 5.62. The molecule has 0 aliphatic carbocycles. The first-order chi connectivity index (χ1) is 10.2. The SMILES string of the molecule is CCCCCn1c(C(C)N)nc2cc(OCCC)ccc21. The highest BCUT2D eigenvalue weighted by molar-refractivity contribution is 5.78. The van der Waals surface area contributed by atoms with Gasteiger partial charge in [-0.2, -0.15) is 0 Å². The summed E-state index contributed by atoms with van der Waals surface area (Å²) in [5, 5.41) is 0. The van der Waals surface area contributed by atoms with E-state index >= 15 is 0 Å². The first-order valence-electron chi connectivity index (χ1n) is 8.06. The van der Waals surface area contributed by atoms with Crippen LogP contribution in [0.2, 0.25) is 0 Å². The minimum atomic E-state index is -0.0564. The lowest BCUT2D eigenvalue weighted by molar-refractivity contribution is 0.318. The van der Waals surface area contributed by atoms with Gasteiger partial charge in [-0.15, -0.1) is 0 Å². The Balaban J connectivity index is 2.32. The molecule has 1 unspecified atom stereocenters. The summed E-state index contributed by atoms with van der Waals surface area (Å²) in [5.41, 5.74) is 8.22. The maximum atomic E-state index is 6.09. The molecule has 2 rings (SSSR count). The number of benzene rings is 1. The van der Waals surface area contributed by atoms with Crippen molar-refractivity contribution < 1.29 is 4.74 Å². The molecule has 0 spiro atoms. The second-order valence-electron chi connectivity index (χ2n) is 5.62. The molecule has 0 aliphatic heterocycles. The standard InChI is InChI=1S/C17H27N3O/c1-4-6-7-10-20-16-9-8-14(21-11-5-2)12-15(16)19-17(20)13(3)18/h8-9,12-13H,4-7,10-11,18H2,1-3H3. The number of ether oxygens (including phenoxy) is 1. The fourth-order valence-electron chi connectivity index (χ4n) is 2.54. The molecule has 0 saturated carbocycles. The van der Waals surface area contributed by atoms with Crippen LogP contribution in [-0.2, 0) is 6.54 Å². The fraction of sp³-hybridized carbons (Fsp3) is 0.588. The van der Waals surface area contributed by atoms with E-state index in [2.05, 4.69) is 24.5 Å². The predicted molar refractivity (Wildman–Crippen MR) is 87.6 cm³/mol. The van der Waals surface area contributed by atoms with Crippen molar-refractivity contribution >= 4 is 11.0 Å². The maximum Gasteiger partial charge on any atom is 0.126 e. The molecule has 1 aromatic carbocycles. The molecular formula is C17H27N3O. The largest absolute Gasteiger partial charge is 0.494 e. The molecule has 4 heteroatoms. The van der Waals surface area contributed by atoms with Crippen LogP contribution in [0.1, 0.15) is 58.3 Å². The summed E-state index contributed by atoms with van der Waals surface area (Å²) in [4.78, 5) is 4.72. The third kappa shape index (κ3) is 3.76. The number of nitrogens with zero attached hydrogens (tertiary/aromatic N) is 2. The first kappa shape index (κ1) is 15.8. The van der Waals surface area contributed by atoms with E-state index in [1.165, 1.54) is 12.8 Å². The number of nitrogens with two attached hydrogens (primary N) is 1. The van der Waals surface area contributed by atoms with E-state index in [1.54, 1.807) is 0 Å². The normalized spacial score (nSPS) is 12.8. The zero-order valence-electron chi connectivity index (χ0n) is 13.4. The van der Waals surface area contributed by atoms with Gasteiger partial charge in [0.2, 0.25) is 0 Å². The zero-order valence-corrected chi connectivity index (χ0v) is 13.4. The topological polar surface area (TPSA) is 53.1 Å². The van der Waals surface area contributed by atoms with Gasteiger partial charge in [0.25, 0.3) is 0 Å². The molecule has 21 heavy (non-hydrogen) atoms. The van der Waals surface area contributed by atoms with E-state index in [1.807, 2.05) is 19.1 Å². The van der Waals surface area contributed by atoms with Crippen molar-refractivity contribution in [3.8, 4) is 5.75 Å². The summed E-state index contributed by atoms with van der Waals surface area (Å²) in [6.07, 6.45) is 4.62. The number of aromatic nitrogens is 2. The number of rotatable bonds is 8. The third-order valence-electron chi connectivity index (χ3n) is 3.61. The molecule has 1 heterocycles. The van der Waals surface area contributed by atoms with Crippen LogP contribution in [0.5, 0.6) is 5.75 Å². The lowest BCUT2D eigenvalue weighted by Crippen LogP contribution is -2.13. The van der Waals surface area contributed by atoms with E-state index in [4.69, 9.17) is 15.5 Å². The van der Waals surface area contributed by atoms with Gasteiger partial charge in [0.1, 0.15) is 11.6 Å². The van der Waals surface area contributed by atoms with Crippen molar-refractivity contribution in [3.63, 3.8) is 0 Å². The molecule has 0 amide bonds. The number of fused-ring (bicyclic) bond motifs is 1. The Labute approximate surface area is 127 Å². The zero-order chi connectivity index (χ0) is 15.2. The second kappa shape index (κ2) is 7.46. The Hall–Kier alpha value is -1.55. The summed E-state index contributed by atoms with van der Waals surface area (Å²) in [6, 6.07) is 6.10. The third-order valence-corrected chi connectivity index (χ3v) is 3.61. The number of imidazole rings is 1. The maximum absolute atomic E-state index is 6.09. The van der Waals surface area contributed by atoms with Crippen molar-refractivity contribution in [2.75, 3.05) is 6.61 Å². The average molecular weight is 289 g/mol. The monoisotopic (exact) mass is 289 g/mol. The van der Waals surface area contributed by atoms with E-state index in [-0.39, 0.29) is 6.04 Å². The quantitative estimate of drug-likeness (QED) is 0.746. The summed E-state index contributed by atoms with van der Waals surface area (Å²) in [6.45, 7) is 8.04. The van der Waals surface area contributed by atoms with Gasteiger partial charge in [-0.1, -0.05) is 26.7 Å². The van der Waals surface area contributed by atoms with Gasteiger partial charge in [0.15, 0.2) is 0 Å². The van der Waals surface area contributed by atoms with E-state index in [9.17, 15) is 0 Å². The van der Waals surface area contributed by atoms with Gasteiger partial charge < -0.3 is 15.0 Å². The van der Waals surface area contributed by atoms with Crippen molar-refractivity contribution in [1.29, 1.82) is 0 Å². The lowest BCUT2D eigenvalue weighted by atomic mass is 10.2. The summed E-state index contributed by atoms with van der Waals surface area (Å²) in [7, 11) is 0. The van der Waals surface area contributed by atoms with Crippen LogP contribution in [0.4, 0.5) is 0 Å². The van der Waals surface area contributed by atoms with Gasteiger partial charge in [-0.25, -0.2) is 4.98 Å². The Morgan fingerprint density at radius 2 is 2.05 bits per heavy atom. The number of hydrogen-bond donors (Lipinski definition) is 1. The summed E-state index contributed by atoms with van der Waals surface area (Å²) < 4.78 is 7.95. The average Bonchev–Trinajstić information content (AvgIpc) is 2.84. The smallest absolute Gasteiger partial charge is 0.126 e. The van der Waals surface area contributed by atoms with Crippen LogP contribution >= 0.6 is 0 Å². The molecule has 116 valence electrons. The second-order valence-corrected chi connectivity index (χ2v) is 5.62. The van der Waals surface area contributed by atoms with Gasteiger partial charge in [-0.3, -0.25) is 0 Å². The van der Waals surface area contributed by atoms with E-state index in [0.717, 1.165) is 48.6 Å². The number of aryl methyl sites for hydroxylation is 1. The van der Waals surface area contributed by atoms with Gasteiger partial charge >= 0.3 is 0 Å². The summed E-state index contributed by atoms with van der Waals surface area (Å²) in [5.74, 6) is 1.85. The molecule has 0 radical (unpaired) electrons. The van der Waals surface area contributed by atoms with Crippen LogP contribution in [0, 0.1) is 0 Å². The molecule has 0 fully saturated rings. The van der Waals surface area contributed by atoms with Crippen LogP contribution in [0.3, 0.4) is 0 Å². The Bertz CT molecular complexity index is 575. The molecule has 2 N–H and O–H groups in total. The number of unbranched alkanes of at least 4 members (excludes halogenated alkanes) is 2. The highest BCUT2D eigenvalue weighted by atomic mass is 16.5. The van der Waals surface area contributed by atoms with E-state index < -0.39 is 0 Å². The van der Waals surface area contributed by atoms with Crippen LogP contribution in [-0.4, -0.2) is 16.2 Å². The van der Waals surface area contributed by atoms with Crippen molar-refractivity contribution in [3.05, 3.63) is 24.0 Å². The molecule has 0 bridgehead atoms. The van der Waals surface area contributed by atoms with Gasteiger partial charge in [0.05, 0.1) is 23.7 Å². The van der Waals surface area contributed by atoms with Crippen molar-refractivity contribution in [2.45, 2.75) is 59.0 Å². The molecule has 2 aromatic rings.